The third kappa shape index (κ3) is 3.99. The molecule has 4 nitrogen and oxygen atoms in total. The Balaban J connectivity index is 2.02. The molecule has 0 aliphatic heterocycles. The summed E-state index contributed by atoms with van der Waals surface area (Å²) in [4.78, 5) is 10.0. The summed E-state index contributed by atoms with van der Waals surface area (Å²) in [5.74, 6) is 0.915. The van der Waals surface area contributed by atoms with Gasteiger partial charge in [-0.15, -0.1) is 0 Å². The molecule has 2 aromatic rings. The highest BCUT2D eigenvalue weighted by atomic mass is 32.2. The first-order chi connectivity index (χ1) is 9.22. The van der Waals surface area contributed by atoms with Crippen molar-refractivity contribution in [3.8, 4) is 0 Å². The quantitative estimate of drug-likeness (QED) is 0.885. The van der Waals surface area contributed by atoms with E-state index >= 15 is 0 Å². The van der Waals surface area contributed by atoms with Crippen molar-refractivity contribution in [3.63, 3.8) is 0 Å². The fraction of sp³-hybridized carbons (Fsp3) is 0.462. The first-order valence-corrected chi connectivity index (χ1v) is 8.01. The third-order valence-electron chi connectivity index (χ3n) is 2.68. The second kappa shape index (κ2) is 6.98. The first-order valence-electron chi connectivity index (χ1n) is 6.42. The zero-order chi connectivity index (χ0) is 13.7. The molecule has 0 aromatic carbocycles. The minimum atomic E-state index is 0.289. The molecule has 1 atom stereocenters. The van der Waals surface area contributed by atoms with Crippen molar-refractivity contribution in [2.24, 2.45) is 0 Å². The lowest BCUT2D eigenvalue weighted by atomic mass is 10.2. The van der Waals surface area contributed by atoms with Crippen LogP contribution in [0.15, 0.2) is 27.6 Å². The number of aromatic nitrogens is 3. The van der Waals surface area contributed by atoms with Gasteiger partial charge < -0.3 is 5.32 Å². The van der Waals surface area contributed by atoms with Gasteiger partial charge in [-0.3, -0.25) is 4.98 Å². The molecule has 0 fully saturated rings. The molecule has 102 valence electrons. The van der Waals surface area contributed by atoms with Gasteiger partial charge >= 0.3 is 0 Å². The number of rotatable bonds is 6. The number of nitrogens with one attached hydrogen (secondary N) is 1. The lowest BCUT2D eigenvalue weighted by molar-refractivity contribution is 0.582. The van der Waals surface area contributed by atoms with Gasteiger partial charge in [0, 0.05) is 23.6 Å². The summed E-state index contributed by atoms with van der Waals surface area (Å²) < 4.78 is 5.26. The standard InChI is InChI=1S/C13H18N4S2/c1-4-12-16-13(19-17-12)18-10-6-7-11(15-8-10)9(3)14-5-2/h6-9,14H,4-5H2,1-3H3. The molecule has 1 unspecified atom stereocenters. The van der Waals surface area contributed by atoms with Crippen LogP contribution < -0.4 is 5.32 Å². The SMILES string of the molecule is CCNC(C)c1ccc(Sc2nc(CC)ns2)cn1. The van der Waals surface area contributed by atoms with Crippen LogP contribution in [0.4, 0.5) is 0 Å². The van der Waals surface area contributed by atoms with Crippen molar-refractivity contribution in [1.82, 2.24) is 19.7 Å². The number of hydrogen-bond donors (Lipinski definition) is 1. The van der Waals surface area contributed by atoms with E-state index in [-0.39, 0.29) is 6.04 Å². The van der Waals surface area contributed by atoms with Crippen LogP contribution in [-0.2, 0) is 6.42 Å². The molecule has 0 bridgehead atoms. The smallest absolute Gasteiger partial charge is 0.174 e. The molecule has 0 aliphatic carbocycles. The highest BCUT2D eigenvalue weighted by molar-refractivity contribution is 8.01. The summed E-state index contributed by atoms with van der Waals surface area (Å²) in [6.45, 7) is 7.23. The van der Waals surface area contributed by atoms with Crippen LogP contribution >= 0.6 is 23.3 Å². The molecule has 0 saturated heterocycles. The summed E-state index contributed by atoms with van der Waals surface area (Å²) in [7, 11) is 0. The number of pyridine rings is 1. The molecular formula is C13H18N4S2. The maximum atomic E-state index is 4.49. The molecule has 19 heavy (non-hydrogen) atoms. The summed E-state index contributed by atoms with van der Waals surface area (Å²) in [5, 5.41) is 3.35. The Morgan fingerprint density at radius 1 is 1.37 bits per heavy atom. The van der Waals surface area contributed by atoms with Gasteiger partial charge in [-0.2, -0.15) is 4.37 Å². The number of nitrogens with zero attached hydrogens (tertiary/aromatic N) is 3. The van der Waals surface area contributed by atoms with Crippen LogP contribution in [0.1, 0.15) is 38.3 Å². The summed E-state index contributed by atoms with van der Waals surface area (Å²) >= 11 is 3.07. The molecular weight excluding hydrogens is 276 g/mol. The number of aryl methyl sites for hydroxylation is 1. The molecule has 0 aliphatic rings. The zero-order valence-corrected chi connectivity index (χ0v) is 13.0. The van der Waals surface area contributed by atoms with Crippen molar-refractivity contribution < 1.29 is 0 Å². The topological polar surface area (TPSA) is 50.7 Å². The van der Waals surface area contributed by atoms with Crippen LogP contribution in [0.25, 0.3) is 0 Å². The van der Waals surface area contributed by atoms with Gasteiger partial charge in [0.15, 0.2) is 4.34 Å². The monoisotopic (exact) mass is 294 g/mol. The molecule has 2 aromatic heterocycles. The normalized spacial score (nSPS) is 12.6. The average Bonchev–Trinajstić information content (AvgIpc) is 2.87. The minimum Gasteiger partial charge on any atom is -0.309 e. The van der Waals surface area contributed by atoms with Gasteiger partial charge in [0.25, 0.3) is 0 Å². The summed E-state index contributed by atoms with van der Waals surface area (Å²) in [6, 6.07) is 4.45. The van der Waals surface area contributed by atoms with Crippen LogP contribution in [0, 0.1) is 0 Å². The van der Waals surface area contributed by atoms with E-state index in [9.17, 15) is 0 Å². The van der Waals surface area contributed by atoms with Crippen molar-refractivity contribution >= 4 is 23.3 Å². The van der Waals surface area contributed by atoms with E-state index in [2.05, 4.69) is 52.6 Å². The Morgan fingerprint density at radius 3 is 2.79 bits per heavy atom. The number of hydrogen-bond acceptors (Lipinski definition) is 6. The van der Waals surface area contributed by atoms with Gasteiger partial charge in [-0.05, 0) is 37.1 Å². The Hall–Kier alpha value is -0.980. The van der Waals surface area contributed by atoms with Crippen molar-refractivity contribution in [1.29, 1.82) is 0 Å². The van der Waals surface area contributed by atoms with Crippen LogP contribution in [0.2, 0.25) is 0 Å². The third-order valence-corrected chi connectivity index (χ3v) is 4.45. The van der Waals surface area contributed by atoms with E-state index in [1.165, 1.54) is 11.5 Å². The molecule has 2 rings (SSSR count). The highest BCUT2D eigenvalue weighted by Gasteiger charge is 2.07. The van der Waals surface area contributed by atoms with Gasteiger partial charge in [0.2, 0.25) is 0 Å². The fourth-order valence-electron chi connectivity index (χ4n) is 1.64. The second-order valence-corrected chi connectivity index (χ2v) is 6.20. The van der Waals surface area contributed by atoms with Crippen LogP contribution in [-0.4, -0.2) is 20.9 Å². The second-order valence-electron chi connectivity index (χ2n) is 4.13. The molecule has 6 heteroatoms. The first kappa shape index (κ1) is 14.4. The zero-order valence-electron chi connectivity index (χ0n) is 11.4. The van der Waals surface area contributed by atoms with Gasteiger partial charge in [-0.1, -0.05) is 25.6 Å². The maximum Gasteiger partial charge on any atom is 0.174 e. The predicted octanol–water partition coefficient (Wildman–Crippen LogP) is 3.32. The van der Waals surface area contributed by atoms with Gasteiger partial charge in [0.05, 0.1) is 5.69 Å². The summed E-state index contributed by atoms with van der Waals surface area (Å²) in [5.41, 5.74) is 1.07. The van der Waals surface area contributed by atoms with Gasteiger partial charge in [0.1, 0.15) is 5.82 Å². The molecule has 0 radical (unpaired) electrons. The van der Waals surface area contributed by atoms with E-state index in [0.29, 0.717) is 0 Å². The lowest BCUT2D eigenvalue weighted by Gasteiger charge is -2.11. The molecule has 2 heterocycles. The highest BCUT2D eigenvalue weighted by Crippen LogP contribution is 2.28. The molecule has 0 amide bonds. The largest absolute Gasteiger partial charge is 0.309 e. The predicted molar refractivity (Wildman–Crippen MR) is 79.7 cm³/mol. The average molecular weight is 294 g/mol. The molecule has 0 saturated carbocycles. The van der Waals surface area contributed by atoms with E-state index in [1.807, 2.05) is 6.20 Å². The lowest BCUT2D eigenvalue weighted by Crippen LogP contribution is -2.18. The van der Waals surface area contributed by atoms with Crippen molar-refractivity contribution in [2.75, 3.05) is 6.54 Å². The minimum absolute atomic E-state index is 0.289. The molecule has 1 N–H and O–H groups in total. The Bertz CT molecular complexity index is 510. The van der Waals surface area contributed by atoms with Crippen molar-refractivity contribution in [3.05, 3.63) is 29.8 Å². The van der Waals surface area contributed by atoms with Crippen molar-refractivity contribution in [2.45, 2.75) is 42.5 Å². The maximum absolute atomic E-state index is 4.49. The van der Waals surface area contributed by atoms with Crippen LogP contribution in [0.3, 0.4) is 0 Å². The van der Waals surface area contributed by atoms with Crippen LogP contribution in [0.5, 0.6) is 0 Å². The Morgan fingerprint density at radius 2 is 2.21 bits per heavy atom. The van der Waals surface area contributed by atoms with E-state index in [4.69, 9.17) is 0 Å². The fourth-order valence-corrected chi connectivity index (χ4v) is 3.29. The Kier molecular flexibility index (Phi) is 5.30. The van der Waals surface area contributed by atoms with E-state index in [0.717, 1.165) is 33.7 Å². The van der Waals surface area contributed by atoms with E-state index in [1.54, 1.807) is 11.8 Å². The molecule has 0 spiro atoms. The van der Waals surface area contributed by atoms with Gasteiger partial charge in [-0.25, -0.2) is 4.98 Å². The Labute approximate surface area is 122 Å². The summed E-state index contributed by atoms with van der Waals surface area (Å²) in [6.07, 6.45) is 2.79. The van der Waals surface area contributed by atoms with E-state index < -0.39 is 0 Å².